The van der Waals surface area contributed by atoms with E-state index >= 15 is 0 Å². The van der Waals surface area contributed by atoms with Crippen molar-refractivity contribution in [3.05, 3.63) is 113 Å². The molecule has 7 heteroatoms. The van der Waals surface area contributed by atoms with Gasteiger partial charge in [0.15, 0.2) is 0 Å². The Morgan fingerprint density at radius 2 is 1.82 bits per heavy atom. The van der Waals surface area contributed by atoms with E-state index in [1.165, 1.54) is 18.2 Å². The molecule has 0 atom stereocenters. The molecular formula is C27H21FN2O4. The number of nitrogens with zero attached hydrogens (tertiary/aromatic N) is 2. The number of aromatic hydroxyl groups is 1. The van der Waals surface area contributed by atoms with Gasteiger partial charge in [-0.2, -0.15) is 0 Å². The summed E-state index contributed by atoms with van der Waals surface area (Å²) in [5, 5.41) is 10.6. The van der Waals surface area contributed by atoms with Crippen molar-refractivity contribution < 1.29 is 18.7 Å². The zero-order chi connectivity index (χ0) is 23.5. The molecule has 0 fully saturated rings. The van der Waals surface area contributed by atoms with Gasteiger partial charge in [0.2, 0.25) is 0 Å². The number of hydrogen-bond acceptors (Lipinski definition) is 5. The van der Waals surface area contributed by atoms with E-state index in [0.717, 1.165) is 16.9 Å². The Kier molecular flexibility index (Phi) is 5.82. The third-order valence-corrected chi connectivity index (χ3v) is 5.61. The molecule has 0 amide bonds. The third kappa shape index (κ3) is 4.54. The Balaban J connectivity index is 1.46. The molecule has 5 rings (SSSR count). The van der Waals surface area contributed by atoms with Crippen LogP contribution in [0.1, 0.15) is 11.1 Å². The van der Waals surface area contributed by atoms with Crippen LogP contribution in [0.25, 0.3) is 22.1 Å². The fraction of sp³-hybridized carbons (Fsp3) is 0.111. The largest absolute Gasteiger partial charge is 0.508 e. The lowest BCUT2D eigenvalue weighted by Gasteiger charge is -2.13. The molecule has 0 aliphatic carbocycles. The number of benzene rings is 3. The summed E-state index contributed by atoms with van der Waals surface area (Å²) in [7, 11) is 0. The number of imidazole rings is 1. The minimum Gasteiger partial charge on any atom is -0.508 e. The molecule has 6 nitrogen and oxygen atoms in total. The standard InChI is InChI=1S/C27H21FN2O4/c28-20-5-3-19(4-6-20)26-24(23-10-7-21(31)16-25(23)34-27(26)32)15-18-1-8-22(9-2-18)33-14-13-30-12-11-29-17-30/h1-12,16-17,31H,13-15H2. The molecule has 0 saturated heterocycles. The highest BCUT2D eigenvalue weighted by Gasteiger charge is 2.17. The molecule has 0 bridgehead atoms. The van der Waals surface area contributed by atoms with Crippen LogP contribution in [0.2, 0.25) is 0 Å². The summed E-state index contributed by atoms with van der Waals surface area (Å²) >= 11 is 0. The van der Waals surface area contributed by atoms with Crippen LogP contribution in [0, 0.1) is 5.82 Å². The molecule has 0 spiro atoms. The van der Waals surface area contributed by atoms with Gasteiger partial charge in [0.25, 0.3) is 0 Å². The molecular weight excluding hydrogens is 435 g/mol. The second kappa shape index (κ2) is 9.23. The van der Waals surface area contributed by atoms with Crippen LogP contribution < -0.4 is 10.4 Å². The van der Waals surface area contributed by atoms with E-state index in [0.29, 0.717) is 41.7 Å². The van der Waals surface area contributed by atoms with Crippen molar-refractivity contribution >= 4 is 11.0 Å². The van der Waals surface area contributed by atoms with Gasteiger partial charge in [0.1, 0.15) is 29.5 Å². The molecule has 0 unspecified atom stereocenters. The predicted octanol–water partition coefficient (Wildman–Crippen LogP) is 5.17. The van der Waals surface area contributed by atoms with Crippen LogP contribution in [0.15, 0.2) is 94.7 Å². The van der Waals surface area contributed by atoms with E-state index in [4.69, 9.17) is 9.15 Å². The average Bonchev–Trinajstić information content (AvgIpc) is 3.34. The zero-order valence-corrected chi connectivity index (χ0v) is 18.1. The summed E-state index contributed by atoms with van der Waals surface area (Å²) in [6.07, 6.45) is 5.79. The summed E-state index contributed by atoms with van der Waals surface area (Å²) < 4.78 is 26.8. The Hall–Kier alpha value is -4.39. The summed E-state index contributed by atoms with van der Waals surface area (Å²) in [6, 6.07) is 18.1. The van der Waals surface area contributed by atoms with Crippen molar-refractivity contribution in [2.24, 2.45) is 0 Å². The van der Waals surface area contributed by atoms with Gasteiger partial charge in [-0.1, -0.05) is 24.3 Å². The zero-order valence-electron chi connectivity index (χ0n) is 18.1. The highest BCUT2D eigenvalue weighted by Crippen LogP contribution is 2.31. The van der Waals surface area contributed by atoms with Gasteiger partial charge in [0.05, 0.1) is 18.4 Å². The lowest BCUT2D eigenvalue weighted by Crippen LogP contribution is -2.09. The van der Waals surface area contributed by atoms with Crippen LogP contribution in [-0.2, 0) is 13.0 Å². The first-order valence-electron chi connectivity index (χ1n) is 10.8. The van der Waals surface area contributed by atoms with Gasteiger partial charge in [0, 0.05) is 23.8 Å². The quantitative estimate of drug-likeness (QED) is 0.342. The highest BCUT2D eigenvalue weighted by molar-refractivity contribution is 5.88. The molecule has 1 N–H and O–H groups in total. The smallest absolute Gasteiger partial charge is 0.344 e. The van der Waals surface area contributed by atoms with Crippen LogP contribution in [0.3, 0.4) is 0 Å². The molecule has 0 radical (unpaired) electrons. The van der Waals surface area contributed by atoms with Gasteiger partial charge in [-0.15, -0.1) is 0 Å². The number of hydrogen-bond donors (Lipinski definition) is 1. The van der Waals surface area contributed by atoms with Gasteiger partial charge >= 0.3 is 5.63 Å². The highest BCUT2D eigenvalue weighted by atomic mass is 19.1. The maximum absolute atomic E-state index is 13.5. The van der Waals surface area contributed by atoms with Crippen LogP contribution in [0.4, 0.5) is 4.39 Å². The molecule has 3 aromatic carbocycles. The number of fused-ring (bicyclic) bond motifs is 1. The second-order valence-electron chi connectivity index (χ2n) is 7.90. The fourth-order valence-corrected chi connectivity index (χ4v) is 3.94. The molecule has 34 heavy (non-hydrogen) atoms. The predicted molar refractivity (Wildman–Crippen MR) is 127 cm³/mol. The molecule has 5 aromatic rings. The molecule has 170 valence electrons. The van der Waals surface area contributed by atoms with Crippen molar-refractivity contribution in [1.82, 2.24) is 9.55 Å². The first-order valence-corrected chi connectivity index (χ1v) is 10.8. The van der Waals surface area contributed by atoms with E-state index in [9.17, 15) is 14.3 Å². The summed E-state index contributed by atoms with van der Waals surface area (Å²) in [5.74, 6) is 0.363. The summed E-state index contributed by atoms with van der Waals surface area (Å²) in [6.45, 7) is 1.21. The van der Waals surface area contributed by atoms with E-state index in [1.54, 1.807) is 36.8 Å². The first-order chi connectivity index (χ1) is 16.6. The summed E-state index contributed by atoms with van der Waals surface area (Å²) in [5.41, 5.74) is 2.40. The minimum atomic E-state index is -0.542. The minimum absolute atomic E-state index is 0.00771. The monoisotopic (exact) mass is 456 g/mol. The van der Waals surface area contributed by atoms with Crippen LogP contribution >= 0.6 is 0 Å². The van der Waals surface area contributed by atoms with Gasteiger partial charge in [-0.3, -0.25) is 0 Å². The lowest BCUT2D eigenvalue weighted by molar-refractivity contribution is 0.298. The maximum atomic E-state index is 13.5. The van der Waals surface area contributed by atoms with E-state index in [-0.39, 0.29) is 11.6 Å². The SMILES string of the molecule is O=c1oc2cc(O)ccc2c(Cc2ccc(OCCn3ccnc3)cc2)c1-c1ccc(F)cc1. The van der Waals surface area contributed by atoms with Crippen molar-refractivity contribution in [1.29, 1.82) is 0 Å². The number of ether oxygens (including phenoxy) is 1. The van der Waals surface area contributed by atoms with Crippen molar-refractivity contribution in [3.63, 3.8) is 0 Å². The van der Waals surface area contributed by atoms with Crippen LogP contribution in [0.5, 0.6) is 11.5 Å². The molecule has 0 saturated carbocycles. The Morgan fingerprint density at radius 1 is 1.03 bits per heavy atom. The topological polar surface area (TPSA) is 77.5 Å². The van der Waals surface area contributed by atoms with Gasteiger partial charge in [-0.05, 0) is 59.5 Å². The number of phenolic OH excluding ortho intramolecular Hbond substituents is 1. The molecule has 2 aromatic heterocycles. The maximum Gasteiger partial charge on any atom is 0.344 e. The Morgan fingerprint density at radius 3 is 2.56 bits per heavy atom. The normalized spacial score (nSPS) is 11.1. The number of halogens is 1. The lowest BCUT2D eigenvalue weighted by atomic mass is 9.93. The van der Waals surface area contributed by atoms with Gasteiger partial charge in [-0.25, -0.2) is 14.2 Å². The number of rotatable bonds is 7. The van der Waals surface area contributed by atoms with Gasteiger partial charge < -0.3 is 18.8 Å². The average molecular weight is 456 g/mol. The Bertz CT molecular complexity index is 1470. The molecule has 2 heterocycles. The van der Waals surface area contributed by atoms with E-state index in [2.05, 4.69) is 4.98 Å². The Labute approximate surface area is 194 Å². The summed E-state index contributed by atoms with van der Waals surface area (Å²) in [4.78, 5) is 17.0. The first kappa shape index (κ1) is 21.5. The number of phenols is 1. The molecule has 0 aliphatic heterocycles. The van der Waals surface area contributed by atoms with E-state index in [1.807, 2.05) is 35.0 Å². The second-order valence-corrected chi connectivity index (χ2v) is 7.90. The van der Waals surface area contributed by atoms with E-state index < -0.39 is 5.63 Å². The van der Waals surface area contributed by atoms with Crippen molar-refractivity contribution in [3.8, 4) is 22.6 Å². The van der Waals surface area contributed by atoms with Crippen LogP contribution in [-0.4, -0.2) is 21.3 Å². The number of aromatic nitrogens is 2. The fourth-order valence-electron chi connectivity index (χ4n) is 3.94. The van der Waals surface area contributed by atoms with Crippen molar-refractivity contribution in [2.75, 3.05) is 6.61 Å². The third-order valence-electron chi connectivity index (χ3n) is 5.61. The molecule has 0 aliphatic rings. The van der Waals surface area contributed by atoms with Crippen molar-refractivity contribution in [2.45, 2.75) is 13.0 Å².